The molecule has 0 spiro atoms. The zero-order valence-corrected chi connectivity index (χ0v) is 12.9. The zero-order valence-electron chi connectivity index (χ0n) is 12.2. The van der Waals surface area contributed by atoms with Gasteiger partial charge in [0.05, 0.1) is 13.0 Å². The second kappa shape index (κ2) is 8.22. The molecule has 0 unspecified atom stereocenters. The average molecular weight is 302 g/mol. The van der Waals surface area contributed by atoms with Crippen LogP contribution in [0.1, 0.15) is 19.4 Å². The number of hydrogen-bond acceptors (Lipinski definition) is 2. The minimum absolute atomic E-state index is 0.0259. The Kier molecular flexibility index (Phi) is 6.96. The summed E-state index contributed by atoms with van der Waals surface area (Å²) in [5.74, 6) is -0.239. The standard InChI is InChI=1S/C15H21ClFNO2/c1-11(2)10-18(7-8-20-3)15(19)9-12-13(16)5-4-6-14(12)17/h4-6,11H,7-10H2,1-3H3. The van der Waals surface area contributed by atoms with Crippen molar-refractivity contribution >= 4 is 17.5 Å². The summed E-state index contributed by atoms with van der Waals surface area (Å²) in [6.45, 7) is 5.64. The van der Waals surface area contributed by atoms with Crippen LogP contribution in [0.25, 0.3) is 0 Å². The minimum atomic E-state index is -0.443. The van der Waals surface area contributed by atoms with E-state index in [0.717, 1.165) is 0 Å². The molecule has 20 heavy (non-hydrogen) atoms. The van der Waals surface area contributed by atoms with E-state index in [4.69, 9.17) is 16.3 Å². The number of halogens is 2. The second-order valence-corrected chi connectivity index (χ2v) is 5.51. The average Bonchev–Trinajstić information content (AvgIpc) is 2.38. The Morgan fingerprint density at radius 2 is 2.15 bits per heavy atom. The molecule has 0 N–H and O–H groups in total. The van der Waals surface area contributed by atoms with Crippen molar-refractivity contribution < 1.29 is 13.9 Å². The van der Waals surface area contributed by atoms with Crippen LogP contribution in [-0.2, 0) is 16.0 Å². The molecule has 0 fully saturated rings. The van der Waals surface area contributed by atoms with Crippen molar-refractivity contribution in [1.82, 2.24) is 4.90 Å². The number of hydrogen-bond donors (Lipinski definition) is 0. The van der Waals surface area contributed by atoms with Gasteiger partial charge in [-0.3, -0.25) is 4.79 Å². The number of carbonyl (C=O) groups is 1. The molecular weight excluding hydrogens is 281 g/mol. The summed E-state index contributed by atoms with van der Waals surface area (Å²) >= 11 is 5.95. The lowest BCUT2D eigenvalue weighted by molar-refractivity contribution is -0.131. The first-order chi connectivity index (χ1) is 9.45. The molecule has 0 heterocycles. The van der Waals surface area contributed by atoms with Gasteiger partial charge in [0.25, 0.3) is 0 Å². The first-order valence-corrected chi connectivity index (χ1v) is 7.03. The highest BCUT2D eigenvalue weighted by Gasteiger charge is 2.18. The van der Waals surface area contributed by atoms with E-state index in [1.54, 1.807) is 18.1 Å². The Morgan fingerprint density at radius 1 is 1.45 bits per heavy atom. The Morgan fingerprint density at radius 3 is 2.70 bits per heavy atom. The van der Waals surface area contributed by atoms with Crippen molar-refractivity contribution in [2.75, 3.05) is 26.8 Å². The number of rotatable bonds is 7. The lowest BCUT2D eigenvalue weighted by atomic mass is 10.1. The molecule has 0 bridgehead atoms. The van der Waals surface area contributed by atoms with Gasteiger partial charge in [-0.2, -0.15) is 0 Å². The molecule has 5 heteroatoms. The summed E-state index contributed by atoms with van der Waals surface area (Å²) < 4.78 is 18.7. The van der Waals surface area contributed by atoms with Gasteiger partial charge in [0, 0.05) is 30.8 Å². The molecule has 1 aromatic carbocycles. The third-order valence-electron chi connectivity index (χ3n) is 2.89. The Labute approximate surface area is 124 Å². The van der Waals surface area contributed by atoms with Crippen LogP contribution in [0.2, 0.25) is 5.02 Å². The fourth-order valence-electron chi connectivity index (χ4n) is 1.92. The molecule has 0 saturated heterocycles. The van der Waals surface area contributed by atoms with E-state index in [0.29, 0.717) is 25.6 Å². The fourth-order valence-corrected chi connectivity index (χ4v) is 2.15. The van der Waals surface area contributed by atoms with Crippen molar-refractivity contribution in [2.45, 2.75) is 20.3 Å². The first kappa shape index (κ1) is 16.9. The number of amides is 1. The van der Waals surface area contributed by atoms with Crippen LogP contribution in [0.3, 0.4) is 0 Å². The Hall–Kier alpha value is -1.13. The van der Waals surface area contributed by atoms with Crippen LogP contribution >= 0.6 is 11.6 Å². The summed E-state index contributed by atoms with van der Waals surface area (Å²) in [6, 6.07) is 4.44. The third kappa shape index (κ3) is 5.10. The maximum absolute atomic E-state index is 13.7. The van der Waals surface area contributed by atoms with Crippen LogP contribution in [0, 0.1) is 11.7 Å². The third-order valence-corrected chi connectivity index (χ3v) is 3.25. The van der Waals surface area contributed by atoms with Gasteiger partial charge in [-0.1, -0.05) is 31.5 Å². The summed E-state index contributed by atoms with van der Waals surface area (Å²) in [7, 11) is 1.59. The highest BCUT2D eigenvalue weighted by atomic mass is 35.5. The summed E-state index contributed by atoms with van der Waals surface area (Å²) in [5, 5.41) is 0.287. The van der Waals surface area contributed by atoms with Crippen LogP contribution in [0.15, 0.2) is 18.2 Å². The number of nitrogens with zero attached hydrogens (tertiary/aromatic N) is 1. The number of carbonyl (C=O) groups excluding carboxylic acids is 1. The van der Waals surface area contributed by atoms with E-state index in [1.165, 1.54) is 12.1 Å². The van der Waals surface area contributed by atoms with Crippen LogP contribution in [0.4, 0.5) is 4.39 Å². The molecule has 1 amide bonds. The van der Waals surface area contributed by atoms with Crippen molar-refractivity contribution in [3.63, 3.8) is 0 Å². The second-order valence-electron chi connectivity index (χ2n) is 5.10. The van der Waals surface area contributed by atoms with Crippen LogP contribution in [0.5, 0.6) is 0 Å². The molecule has 0 aromatic heterocycles. The molecule has 1 rings (SSSR count). The molecule has 3 nitrogen and oxygen atoms in total. The molecule has 0 saturated carbocycles. The minimum Gasteiger partial charge on any atom is -0.383 e. The molecule has 0 aliphatic heterocycles. The quantitative estimate of drug-likeness (QED) is 0.774. The van der Waals surface area contributed by atoms with Gasteiger partial charge in [-0.25, -0.2) is 4.39 Å². The first-order valence-electron chi connectivity index (χ1n) is 6.65. The molecular formula is C15H21ClFNO2. The van der Waals surface area contributed by atoms with Crippen LogP contribution in [-0.4, -0.2) is 37.6 Å². The smallest absolute Gasteiger partial charge is 0.227 e. The Bertz CT molecular complexity index is 431. The number of benzene rings is 1. The van der Waals surface area contributed by atoms with E-state index in [9.17, 15) is 9.18 Å². The van der Waals surface area contributed by atoms with Gasteiger partial charge < -0.3 is 9.64 Å². The van der Waals surface area contributed by atoms with Gasteiger partial charge in [0.2, 0.25) is 5.91 Å². The molecule has 0 aliphatic carbocycles. The maximum atomic E-state index is 13.7. The summed E-state index contributed by atoms with van der Waals surface area (Å²) in [6.07, 6.45) is -0.0259. The maximum Gasteiger partial charge on any atom is 0.227 e. The SMILES string of the molecule is COCCN(CC(C)C)C(=O)Cc1c(F)cccc1Cl. The van der Waals surface area contributed by atoms with Crippen molar-refractivity contribution in [2.24, 2.45) is 5.92 Å². The molecule has 0 aliphatic rings. The highest BCUT2D eigenvalue weighted by molar-refractivity contribution is 6.31. The largest absolute Gasteiger partial charge is 0.383 e. The zero-order chi connectivity index (χ0) is 15.1. The van der Waals surface area contributed by atoms with Crippen molar-refractivity contribution in [1.29, 1.82) is 0 Å². The van der Waals surface area contributed by atoms with E-state index in [1.807, 2.05) is 13.8 Å². The molecule has 112 valence electrons. The number of methoxy groups -OCH3 is 1. The molecule has 1 aromatic rings. The number of ether oxygens (including phenoxy) is 1. The fraction of sp³-hybridized carbons (Fsp3) is 0.533. The lowest BCUT2D eigenvalue weighted by Crippen LogP contribution is -2.37. The van der Waals surface area contributed by atoms with Crippen molar-refractivity contribution in [3.05, 3.63) is 34.6 Å². The van der Waals surface area contributed by atoms with Gasteiger partial charge >= 0.3 is 0 Å². The summed E-state index contributed by atoms with van der Waals surface area (Å²) in [5.41, 5.74) is 0.255. The lowest BCUT2D eigenvalue weighted by Gasteiger charge is -2.24. The Balaban J connectivity index is 2.79. The predicted octanol–water partition coefficient (Wildman–Crippen LogP) is 3.15. The van der Waals surface area contributed by atoms with E-state index >= 15 is 0 Å². The molecule has 0 atom stereocenters. The summed E-state index contributed by atoms with van der Waals surface area (Å²) in [4.78, 5) is 14.0. The predicted molar refractivity (Wildman–Crippen MR) is 78.4 cm³/mol. The highest BCUT2D eigenvalue weighted by Crippen LogP contribution is 2.20. The van der Waals surface area contributed by atoms with Gasteiger partial charge in [-0.05, 0) is 18.1 Å². The van der Waals surface area contributed by atoms with Gasteiger partial charge in [0.15, 0.2) is 0 Å². The van der Waals surface area contributed by atoms with Crippen molar-refractivity contribution in [3.8, 4) is 0 Å². The monoisotopic (exact) mass is 301 g/mol. The van der Waals surface area contributed by atoms with E-state index in [2.05, 4.69) is 0 Å². The topological polar surface area (TPSA) is 29.5 Å². The normalized spacial score (nSPS) is 10.9. The van der Waals surface area contributed by atoms with Crippen LogP contribution < -0.4 is 0 Å². The van der Waals surface area contributed by atoms with Gasteiger partial charge in [0.1, 0.15) is 5.82 Å². The van der Waals surface area contributed by atoms with Gasteiger partial charge in [-0.15, -0.1) is 0 Å². The molecule has 0 radical (unpaired) electrons. The van der Waals surface area contributed by atoms with E-state index < -0.39 is 5.82 Å². The van der Waals surface area contributed by atoms with E-state index in [-0.39, 0.29) is 22.9 Å².